The zero-order valence-corrected chi connectivity index (χ0v) is 17.1. The Labute approximate surface area is 177 Å². The minimum absolute atomic E-state index is 0.0775. The van der Waals surface area contributed by atoms with Gasteiger partial charge in [0.1, 0.15) is 22.2 Å². The summed E-state index contributed by atoms with van der Waals surface area (Å²) in [6.45, 7) is 0. The van der Waals surface area contributed by atoms with E-state index in [0.29, 0.717) is 34.7 Å². The van der Waals surface area contributed by atoms with Crippen LogP contribution in [0.25, 0.3) is 32.9 Å². The smallest absolute Gasteiger partial charge is 0.303 e. The van der Waals surface area contributed by atoms with Gasteiger partial charge in [-0.15, -0.1) is 11.3 Å². The normalized spacial score (nSPS) is 13.1. The van der Waals surface area contributed by atoms with E-state index in [9.17, 15) is 4.79 Å². The highest BCUT2D eigenvalue weighted by atomic mass is 32.1. The summed E-state index contributed by atoms with van der Waals surface area (Å²) in [5.41, 5.74) is 3.85. The van der Waals surface area contributed by atoms with E-state index in [0.717, 1.165) is 41.5 Å². The Bertz CT molecular complexity index is 1240. The van der Waals surface area contributed by atoms with Crippen molar-refractivity contribution in [1.29, 1.82) is 0 Å². The van der Waals surface area contributed by atoms with E-state index in [-0.39, 0.29) is 12.2 Å². The molecule has 0 atom stereocenters. The molecule has 0 amide bonds. The van der Waals surface area contributed by atoms with Gasteiger partial charge in [-0.3, -0.25) is 4.79 Å². The maximum atomic E-state index is 15.1. The number of aryl methyl sites for hydroxylation is 3. The molecule has 0 saturated carbocycles. The number of benzene rings is 2. The third-order valence-corrected chi connectivity index (χ3v) is 6.76. The van der Waals surface area contributed by atoms with Crippen LogP contribution in [0.3, 0.4) is 0 Å². The molecule has 4 nitrogen and oxygen atoms in total. The standard InChI is InChI=1S/C24H20FNO3S/c25-17-9-3-8-16(22(17)24-26-18-10-5-12-20(18)30-24)23-15(7-4-13-21(27)28)14-6-1-2-11-19(14)29-23/h1-3,6,8-9,11H,4-5,7,10,12-13H2,(H,27,28). The lowest BCUT2D eigenvalue weighted by atomic mass is 9.97. The fraction of sp³-hybridized carbons (Fsp3) is 0.250. The van der Waals surface area contributed by atoms with Crippen LogP contribution in [0.1, 0.15) is 35.4 Å². The quantitative estimate of drug-likeness (QED) is 0.399. The van der Waals surface area contributed by atoms with E-state index in [2.05, 4.69) is 0 Å². The van der Waals surface area contributed by atoms with Crippen molar-refractivity contribution in [2.45, 2.75) is 38.5 Å². The van der Waals surface area contributed by atoms with Gasteiger partial charge in [0.15, 0.2) is 0 Å². The van der Waals surface area contributed by atoms with E-state index in [1.807, 2.05) is 30.3 Å². The van der Waals surface area contributed by atoms with Crippen LogP contribution in [0.5, 0.6) is 0 Å². The highest BCUT2D eigenvalue weighted by Gasteiger charge is 2.25. The maximum absolute atomic E-state index is 15.1. The van der Waals surface area contributed by atoms with Crippen molar-refractivity contribution in [2.75, 3.05) is 0 Å². The molecular formula is C24H20FNO3S. The van der Waals surface area contributed by atoms with Gasteiger partial charge in [-0.25, -0.2) is 9.37 Å². The zero-order chi connectivity index (χ0) is 20.7. The first-order valence-corrected chi connectivity index (χ1v) is 10.9. The molecule has 30 heavy (non-hydrogen) atoms. The van der Waals surface area contributed by atoms with Crippen LogP contribution >= 0.6 is 11.3 Å². The SMILES string of the molecule is O=C(O)CCCc1c(-c2cccc(F)c2-c2nc3c(s2)CCC3)oc2ccccc12. The summed E-state index contributed by atoms with van der Waals surface area (Å²) in [4.78, 5) is 17.0. The number of aliphatic carboxylic acids is 1. The number of fused-ring (bicyclic) bond motifs is 2. The average Bonchev–Trinajstić information content (AvgIpc) is 3.41. The van der Waals surface area contributed by atoms with Crippen molar-refractivity contribution in [3.63, 3.8) is 0 Å². The molecule has 0 aliphatic heterocycles. The number of nitrogens with zero attached hydrogens (tertiary/aromatic N) is 1. The summed E-state index contributed by atoms with van der Waals surface area (Å²) in [6, 6.07) is 12.7. The molecular weight excluding hydrogens is 401 g/mol. The van der Waals surface area contributed by atoms with Gasteiger partial charge >= 0.3 is 5.97 Å². The predicted molar refractivity (Wildman–Crippen MR) is 115 cm³/mol. The number of carboxylic acid groups (broad SMARTS) is 1. The number of aromatic nitrogens is 1. The lowest BCUT2D eigenvalue weighted by Crippen LogP contribution is -1.97. The molecule has 2 aromatic heterocycles. The van der Waals surface area contributed by atoms with Crippen molar-refractivity contribution in [3.8, 4) is 21.9 Å². The second-order valence-corrected chi connectivity index (χ2v) is 8.64. The molecule has 0 radical (unpaired) electrons. The van der Waals surface area contributed by atoms with Crippen LogP contribution in [0.4, 0.5) is 4.39 Å². The van der Waals surface area contributed by atoms with Crippen LogP contribution < -0.4 is 0 Å². The van der Waals surface area contributed by atoms with Gasteiger partial charge < -0.3 is 9.52 Å². The monoisotopic (exact) mass is 421 g/mol. The summed E-state index contributed by atoms with van der Waals surface area (Å²) in [5, 5.41) is 10.7. The number of rotatable bonds is 6. The zero-order valence-electron chi connectivity index (χ0n) is 16.3. The molecule has 0 fully saturated rings. The van der Waals surface area contributed by atoms with Crippen LogP contribution in [-0.2, 0) is 24.1 Å². The molecule has 0 bridgehead atoms. The largest absolute Gasteiger partial charge is 0.481 e. The first-order chi connectivity index (χ1) is 14.6. The number of para-hydroxylation sites is 1. The van der Waals surface area contributed by atoms with Crippen molar-refractivity contribution < 1.29 is 18.7 Å². The van der Waals surface area contributed by atoms with E-state index >= 15 is 4.39 Å². The second kappa shape index (κ2) is 7.69. The highest BCUT2D eigenvalue weighted by Crippen LogP contribution is 2.43. The average molecular weight is 421 g/mol. The molecule has 1 N–H and O–H groups in total. The van der Waals surface area contributed by atoms with Gasteiger partial charge in [0, 0.05) is 27.8 Å². The van der Waals surface area contributed by atoms with Crippen molar-refractivity contribution in [1.82, 2.24) is 4.98 Å². The molecule has 152 valence electrons. The second-order valence-electron chi connectivity index (χ2n) is 7.56. The first-order valence-electron chi connectivity index (χ1n) is 10.1. The molecule has 1 aliphatic rings. The lowest BCUT2D eigenvalue weighted by molar-refractivity contribution is -0.137. The summed E-state index contributed by atoms with van der Waals surface area (Å²) in [5.74, 6) is -0.545. The molecule has 1 aliphatic carbocycles. The Morgan fingerprint density at radius 2 is 2.03 bits per heavy atom. The number of thiazole rings is 1. The van der Waals surface area contributed by atoms with Crippen molar-refractivity contribution >= 4 is 28.3 Å². The molecule has 6 heteroatoms. The molecule has 0 saturated heterocycles. The fourth-order valence-corrected chi connectivity index (χ4v) is 5.42. The molecule has 4 aromatic rings. The van der Waals surface area contributed by atoms with Gasteiger partial charge in [-0.2, -0.15) is 0 Å². The van der Waals surface area contributed by atoms with Gasteiger partial charge in [0.2, 0.25) is 0 Å². The summed E-state index contributed by atoms with van der Waals surface area (Å²) >= 11 is 1.56. The minimum atomic E-state index is -0.826. The Kier molecular flexibility index (Phi) is 4.87. The highest BCUT2D eigenvalue weighted by molar-refractivity contribution is 7.15. The lowest BCUT2D eigenvalue weighted by Gasteiger charge is -2.09. The van der Waals surface area contributed by atoms with Crippen LogP contribution in [-0.4, -0.2) is 16.1 Å². The van der Waals surface area contributed by atoms with Gasteiger partial charge in [0.25, 0.3) is 0 Å². The van der Waals surface area contributed by atoms with E-state index in [4.69, 9.17) is 14.5 Å². The maximum Gasteiger partial charge on any atom is 0.303 e. The number of carbonyl (C=O) groups is 1. The number of hydrogen-bond donors (Lipinski definition) is 1. The fourth-order valence-electron chi connectivity index (χ4n) is 4.21. The van der Waals surface area contributed by atoms with Crippen LogP contribution in [0.15, 0.2) is 46.9 Å². The van der Waals surface area contributed by atoms with Gasteiger partial charge in [-0.05, 0) is 44.2 Å². The summed E-state index contributed by atoms with van der Waals surface area (Å²) in [7, 11) is 0. The van der Waals surface area contributed by atoms with Crippen LogP contribution in [0, 0.1) is 5.82 Å². The number of carboxylic acids is 1. The third-order valence-electron chi connectivity index (χ3n) is 5.58. The van der Waals surface area contributed by atoms with E-state index < -0.39 is 5.97 Å². The Morgan fingerprint density at radius 1 is 1.17 bits per heavy atom. The molecule has 0 spiro atoms. The number of halogens is 1. The molecule has 2 aromatic carbocycles. The number of furan rings is 1. The Morgan fingerprint density at radius 3 is 2.87 bits per heavy atom. The van der Waals surface area contributed by atoms with Gasteiger partial charge in [0.05, 0.1) is 11.3 Å². The van der Waals surface area contributed by atoms with Crippen molar-refractivity contribution in [2.24, 2.45) is 0 Å². The predicted octanol–water partition coefficient (Wildman–Crippen LogP) is 6.26. The first kappa shape index (κ1) is 19.0. The summed E-state index contributed by atoms with van der Waals surface area (Å²) in [6.07, 6.45) is 4.16. The third kappa shape index (κ3) is 3.31. The molecule has 2 heterocycles. The van der Waals surface area contributed by atoms with E-state index in [1.165, 1.54) is 10.9 Å². The van der Waals surface area contributed by atoms with Gasteiger partial charge in [-0.1, -0.05) is 30.3 Å². The molecule has 0 unspecified atom stereocenters. The Balaban J connectivity index is 1.67. The summed E-state index contributed by atoms with van der Waals surface area (Å²) < 4.78 is 21.3. The number of hydrogen-bond acceptors (Lipinski definition) is 4. The van der Waals surface area contributed by atoms with E-state index in [1.54, 1.807) is 17.4 Å². The molecule has 5 rings (SSSR count). The van der Waals surface area contributed by atoms with Crippen molar-refractivity contribution in [3.05, 3.63) is 64.4 Å². The Hall–Kier alpha value is -2.99. The minimum Gasteiger partial charge on any atom is -0.481 e. The topological polar surface area (TPSA) is 63.3 Å². The van der Waals surface area contributed by atoms with Crippen LogP contribution in [0.2, 0.25) is 0 Å².